The van der Waals surface area contributed by atoms with Crippen molar-refractivity contribution in [2.24, 2.45) is 0 Å². The lowest BCUT2D eigenvalue weighted by Gasteiger charge is -2.02. The van der Waals surface area contributed by atoms with E-state index in [1.165, 1.54) is 19.6 Å². The summed E-state index contributed by atoms with van der Waals surface area (Å²) in [5, 5.41) is 9.55. The normalized spacial score (nSPS) is 9.37. The van der Waals surface area contributed by atoms with Crippen LogP contribution in [0.5, 0.6) is 0 Å². The predicted molar refractivity (Wildman–Crippen MR) is 160 cm³/mol. The molecular weight excluding hydrogens is 631 g/mol. The van der Waals surface area contributed by atoms with Crippen LogP contribution < -0.4 is 11.5 Å². The van der Waals surface area contributed by atoms with E-state index in [0.29, 0.717) is 11.3 Å². The second-order valence-corrected chi connectivity index (χ2v) is 9.98. The van der Waals surface area contributed by atoms with Crippen molar-refractivity contribution in [1.29, 1.82) is 5.26 Å². The molecule has 0 saturated carbocycles. The molecule has 176 valence electrons. The van der Waals surface area contributed by atoms with Crippen LogP contribution in [-0.4, -0.2) is 0 Å². The first-order valence-electron chi connectivity index (χ1n) is 10.4. The standard InChI is InChI=1S/C14H12N2S.C8H6BrN.C6H6IN/c15-9-11-1-3-12(4-2-11)10-17-14-7-5-13(16)6-8-14;1-10-8-4-2-7(6-9)3-5-8;7-5-1-3-6(8)4-2-5/h1-8H,10,16H2;2-5H,6H2;1-4H,8H2. The van der Waals surface area contributed by atoms with Gasteiger partial charge in [-0.25, -0.2) is 4.85 Å². The van der Waals surface area contributed by atoms with Gasteiger partial charge in [-0.2, -0.15) is 5.26 Å². The Morgan fingerprint density at radius 1 is 0.800 bits per heavy atom. The lowest BCUT2D eigenvalue weighted by molar-refractivity contribution is 1.37. The molecule has 0 aromatic heterocycles. The summed E-state index contributed by atoms with van der Waals surface area (Å²) < 4.78 is 1.22. The van der Waals surface area contributed by atoms with Gasteiger partial charge >= 0.3 is 0 Å². The van der Waals surface area contributed by atoms with Crippen LogP contribution in [0.25, 0.3) is 4.85 Å². The molecule has 0 atom stereocenters. The summed E-state index contributed by atoms with van der Waals surface area (Å²) in [6, 6.07) is 32.9. The Hall–Kier alpha value is -2.98. The maximum absolute atomic E-state index is 8.70. The quantitative estimate of drug-likeness (QED) is 0.0761. The molecule has 4 aromatic carbocycles. The summed E-state index contributed by atoms with van der Waals surface area (Å²) in [4.78, 5) is 4.48. The number of nitrogens with zero attached hydrogens (tertiary/aromatic N) is 2. The van der Waals surface area contributed by atoms with Crippen molar-refractivity contribution in [2.45, 2.75) is 16.0 Å². The van der Waals surface area contributed by atoms with Crippen molar-refractivity contribution in [3.05, 3.63) is 129 Å². The molecule has 0 heterocycles. The molecule has 35 heavy (non-hydrogen) atoms. The summed E-state index contributed by atoms with van der Waals surface area (Å²) in [6.45, 7) is 6.68. The fourth-order valence-corrected chi connectivity index (χ4v) is 4.12. The molecule has 0 saturated heterocycles. The SMILES string of the molecule is N#Cc1ccc(CSc2ccc(N)cc2)cc1.Nc1ccc(I)cc1.[C-]#[N+]c1ccc(CBr)cc1. The molecule has 4 rings (SSSR count). The van der Waals surface area contributed by atoms with E-state index >= 15 is 0 Å². The number of nitrogen functional groups attached to an aromatic ring is 2. The van der Waals surface area contributed by atoms with Gasteiger partial charge in [0.1, 0.15) is 0 Å². The van der Waals surface area contributed by atoms with Gasteiger partial charge in [-0.1, -0.05) is 52.3 Å². The topological polar surface area (TPSA) is 80.2 Å². The monoisotopic (exact) mass is 654 g/mol. The molecule has 0 aliphatic carbocycles. The van der Waals surface area contributed by atoms with Crippen LogP contribution >= 0.6 is 50.3 Å². The van der Waals surface area contributed by atoms with Crippen molar-refractivity contribution in [3.63, 3.8) is 0 Å². The summed E-state index contributed by atoms with van der Waals surface area (Å²) in [7, 11) is 0. The van der Waals surface area contributed by atoms with Crippen LogP contribution in [-0.2, 0) is 11.1 Å². The lowest BCUT2D eigenvalue weighted by atomic mass is 10.2. The van der Waals surface area contributed by atoms with E-state index in [4.69, 9.17) is 23.3 Å². The molecule has 0 fully saturated rings. The second kappa shape index (κ2) is 15.8. The smallest absolute Gasteiger partial charge is 0.187 e. The number of benzene rings is 4. The fourth-order valence-electron chi connectivity index (χ4n) is 2.53. The van der Waals surface area contributed by atoms with Crippen molar-refractivity contribution in [2.75, 3.05) is 11.5 Å². The molecule has 4 N–H and O–H groups in total. The fraction of sp³-hybridized carbons (Fsp3) is 0.0714. The van der Waals surface area contributed by atoms with Gasteiger partial charge < -0.3 is 11.5 Å². The molecule has 0 spiro atoms. The van der Waals surface area contributed by atoms with Crippen LogP contribution in [0.2, 0.25) is 0 Å². The Morgan fingerprint density at radius 3 is 1.77 bits per heavy atom. The molecule has 0 unspecified atom stereocenters. The van der Waals surface area contributed by atoms with Gasteiger partial charge in [-0.15, -0.1) is 11.8 Å². The minimum Gasteiger partial charge on any atom is -0.399 e. The minimum absolute atomic E-state index is 0.699. The summed E-state index contributed by atoms with van der Waals surface area (Å²) in [5.74, 6) is 0.898. The highest BCUT2D eigenvalue weighted by Gasteiger charge is 1.97. The first-order valence-corrected chi connectivity index (χ1v) is 13.6. The highest BCUT2D eigenvalue weighted by Crippen LogP contribution is 2.23. The largest absolute Gasteiger partial charge is 0.399 e. The number of nitrogens with two attached hydrogens (primary N) is 2. The summed E-state index contributed by atoms with van der Waals surface area (Å²) in [5.41, 5.74) is 16.5. The van der Waals surface area contributed by atoms with Gasteiger partial charge in [-0.3, -0.25) is 0 Å². The lowest BCUT2D eigenvalue weighted by Crippen LogP contribution is -1.84. The molecular formula is C28H24BrIN4S. The molecule has 0 bridgehead atoms. The highest BCUT2D eigenvalue weighted by atomic mass is 127. The number of nitriles is 1. The number of alkyl halides is 1. The third-order valence-corrected chi connectivity index (χ3v) is 6.91. The van der Waals surface area contributed by atoms with Gasteiger partial charge in [0.15, 0.2) is 5.69 Å². The van der Waals surface area contributed by atoms with Crippen molar-refractivity contribution >= 4 is 67.3 Å². The Kier molecular flexibility index (Phi) is 12.8. The molecule has 7 heteroatoms. The van der Waals surface area contributed by atoms with Gasteiger partial charge in [0, 0.05) is 30.9 Å². The zero-order valence-corrected chi connectivity index (χ0v) is 23.4. The van der Waals surface area contributed by atoms with Gasteiger partial charge in [0.05, 0.1) is 18.2 Å². The number of anilines is 2. The molecule has 0 amide bonds. The van der Waals surface area contributed by atoms with Gasteiger partial charge in [-0.05, 0) is 94.4 Å². The maximum Gasteiger partial charge on any atom is 0.187 e. The molecule has 4 aromatic rings. The van der Waals surface area contributed by atoms with E-state index in [2.05, 4.69) is 49.4 Å². The van der Waals surface area contributed by atoms with E-state index in [1.54, 1.807) is 11.8 Å². The molecule has 0 aliphatic rings. The second-order valence-electron chi connectivity index (χ2n) is 7.13. The van der Waals surface area contributed by atoms with Crippen LogP contribution in [0.4, 0.5) is 17.1 Å². The zero-order valence-electron chi connectivity index (χ0n) is 18.9. The first-order chi connectivity index (χ1) is 16.9. The molecule has 0 radical (unpaired) electrons. The third-order valence-electron chi connectivity index (χ3n) is 4.46. The van der Waals surface area contributed by atoms with E-state index < -0.39 is 0 Å². The van der Waals surface area contributed by atoms with Crippen molar-refractivity contribution < 1.29 is 0 Å². The van der Waals surface area contributed by atoms with E-state index in [-0.39, 0.29) is 0 Å². The van der Waals surface area contributed by atoms with Crippen LogP contribution in [0.3, 0.4) is 0 Å². The van der Waals surface area contributed by atoms with Gasteiger partial charge in [0.2, 0.25) is 0 Å². The minimum atomic E-state index is 0.699. The number of halogens is 2. The van der Waals surface area contributed by atoms with Gasteiger partial charge in [0.25, 0.3) is 0 Å². The number of hydrogen-bond acceptors (Lipinski definition) is 4. The highest BCUT2D eigenvalue weighted by molar-refractivity contribution is 14.1. The average Bonchev–Trinajstić information content (AvgIpc) is 2.91. The first kappa shape index (κ1) is 28.3. The van der Waals surface area contributed by atoms with Crippen LogP contribution in [0, 0.1) is 21.5 Å². The average molecular weight is 655 g/mol. The zero-order chi connectivity index (χ0) is 25.5. The predicted octanol–water partition coefficient (Wildman–Crippen LogP) is 8.44. The van der Waals surface area contributed by atoms with E-state index in [1.807, 2.05) is 97.1 Å². The van der Waals surface area contributed by atoms with Crippen LogP contribution in [0.1, 0.15) is 16.7 Å². The Bertz CT molecular complexity index is 1220. The molecule has 4 nitrogen and oxygen atoms in total. The number of hydrogen-bond donors (Lipinski definition) is 2. The Labute approximate surface area is 233 Å². The summed E-state index contributed by atoms with van der Waals surface area (Å²) >= 11 is 7.32. The van der Waals surface area contributed by atoms with Crippen LogP contribution in [0.15, 0.2) is 102 Å². The van der Waals surface area contributed by atoms with E-state index in [9.17, 15) is 0 Å². The van der Waals surface area contributed by atoms with Crippen molar-refractivity contribution in [3.8, 4) is 6.07 Å². The third kappa shape index (κ3) is 11.3. The van der Waals surface area contributed by atoms with Crippen molar-refractivity contribution in [1.82, 2.24) is 0 Å². The Morgan fingerprint density at radius 2 is 1.31 bits per heavy atom. The molecule has 0 aliphatic heterocycles. The Balaban J connectivity index is 0.000000204. The number of thioether (sulfide) groups is 1. The van der Waals surface area contributed by atoms with E-state index in [0.717, 1.165) is 22.5 Å². The summed E-state index contributed by atoms with van der Waals surface area (Å²) in [6.07, 6.45) is 0. The maximum atomic E-state index is 8.70. The number of rotatable bonds is 4.